The predicted molar refractivity (Wildman–Crippen MR) is 86.7 cm³/mol. The van der Waals surface area contributed by atoms with Crippen LogP contribution >= 0.6 is 0 Å². The van der Waals surface area contributed by atoms with Crippen molar-refractivity contribution in [1.29, 1.82) is 5.26 Å². The number of fused-ring (bicyclic) bond motifs is 1. The maximum atomic E-state index is 14.2. The van der Waals surface area contributed by atoms with Gasteiger partial charge in [-0.15, -0.1) is 0 Å². The van der Waals surface area contributed by atoms with Crippen molar-refractivity contribution in [3.05, 3.63) is 35.0 Å². The Morgan fingerprint density at radius 2 is 2.17 bits per heavy atom. The van der Waals surface area contributed by atoms with E-state index in [9.17, 15) is 18.8 Å². The molecule has 0 bridgehead atoms. The van der Waals surface area contributed by atoms with Crippen LogP contribution in [0, 0.1) is 41.7 Å². The first-order chi connectivity index (χ1) is 11.5. The summed E-state index contributed by atoms with van der Waals surface area (Å²) < 4.78 is 27.9. The molecule has 1 aliphatic heterocycles. The van der Waals surface area contributed by atoms with Crippen LogP contribution in [0.25, 0.3) is 10.9 Å². The number of aryl methyl sites for hydroxylation is 1. The van der Waals surface area contributed by atoms with Gasteiger partial charge in [0, 0.05) is 30.5 Å². The molecule has 24 heavy (non-hydrogen) atoms. The Balaban J connectivity index is 2.22. The number of anilines is 1. The van der Waals surface area contributed by atoms with Crippen LogP contribution in [0.1, 0.15) is 24.6 Å². The largest absolute Gasteiger partial charge is 0.370 e. The molecule has 2 aromatic rings. The Hall–Kier alpha value is -2.55. The summed E-state index contributed by atoms with van der Waals surface area (Å²) in [7, 11) is 0. The van der Waals surface area contributed by atoms with Crippen LogP contribution in [-0.4, -0.2) is 24.4 Å². The predicted octanol–water partition coefficient (Wildman–Crippen LogP) is 3.35. The fourth-order valence-electron chi connectivity index (χ4n) is 3.42. The zero-order valence-electron chi connectivity index (χ0n) is 13.5. The Morgan fingerprint density at radius 3 is 2.79 bits per heavy atom. The number of carbonyl (C=O) groups is 1. The van der Waals surface area contributed by atoms with Gasteiger partial charge < -0.3 is 9.69 Å². The second-order valence-electron chi connectivity index (χ2n) is 6.33. The number of hydrogen-bond donors (Lipinski definition) is 0. The molecule has 2 atom stereocenters. The first-order valence-electron chi connectivity index (χ1n) is 7.86. The van der Waals surface area contributed by atoms with Crippen molar-refractivity contribution in [3.8, 4) is 6.07 Å². The first kappa shape index (κ1) is 16.3. The molecule has 0 aliphatic carbocycles. The lowest BCUT2D eigenvalue weighted by molar-refractivity contribution is -0.112. The molecule has 0 radical (unpaired) electrons. The van der Waals surface area contributed by atoms with Crippen LogP contribution in [-0.2, 0) is 4.79 Å². The second kappa shape index (κ2) is 6.16. The van der Waals surface area contributed by atoms with Crippen molar-refractivity contribution < 1.29 is 13.6 Å². The zero-order chi connectivity index (χ0) is 17.4. The van der Waals surface area contributed by atoms with Crippen LogP contribution in [0.4, 0.5) is 14.5 Å². The van der Waals surface area contributed by atoms with E-state index in [1.807, 2.05) is 11.8 Å². The number of nitriles is 1. The Bertz CT molecular complexity index is 860. The minimum atomic E-state index is -0.741. The molecule has 0 spiro atoms. The molecular formula is C18H17F2N3O. The highest BCUT2D eigenvalue weighted by atomic mass is 19.1. The summed E-state index contributed by atoms with van der Waals surface area (Å²) in [6.45, 7) is 4.72. The Kier molecular flexibility index (Phi) is 4.18. The zero-order valence-corrected chi connectivity index (χ0v) is 13.5. The van der Waals surface area contributed by atoms with E-state index < -0.39 is 11.6 Å². The molecule has 124 valence electrons. The average Bonchev–Trinajstić information content (AvgIpc) is 2.54. The van der Waals surface area contributed by atoms with Gasteiger partial charge in [0.2, 0.25) is 0 Å². The molecule has 0 amide bonds. The summed E-state index contributed by atoms with van der Waals surface area (Å²) in [4.78, 5) is 17.2. The van der Waals surface area contributed by atoms with Crippen molar-refractivity contribution in [3.63, 3.8) is 0 Å². The highest BCUT2D eigenvalue weighted by Crippen LogP contribution is 2.36. The van der Waals surface area contributed by atoms with Gasteiger partial charge in [0.05, 0.1) is 16.9 Å². The van der Waals surface area contributed by atoms with Crippen molar-refractivity contribution in [2.45, 2.75) is 20.3 Å². The van der Waals surface area contributed by atoms with Gasteiger partial charge in [-0.05, 0) is 25.3 Å². The number of benzene rings is 1. The third-order valence-electron chi connectivity index (χ3n) is 4.74. The lowest BCUT2D eigenvalue weighted by Crippen LogP contribution is -2.40. The van der Waals surface area contributed by atoms with Crippen LogP contribution in [0.15, 0.2) is 12.1 Å². The van der Waals surface area contributed by atoms with E-state index in [0.29, 0.717) is 41.8 Å². The summed E-state index contributed by atoms with van der Waals surface area (Å²) in [5.41, 5.74) is 1.31. The lowest BCUT2D eigenvalue weighted by atomic mass is 9.87. The van der Waals surface area contributed by atoms with Gasteiger partial charge in [0.25, 0.3) is 0 Å². The summed E-state index contributed by atoms with van der Waals surface area (Å²) in [6.07, 6.45) is 1.61. The molecular weight excluding hydrogens is 312 g/mol. The van der Waals surface area contributed by atoms with Crippen molar-refractivity contribution >= 4 is 22.9 Å². The SMILES string of the molecule is Cc1nc2c(F)cc(F)cc2c(N2CCC(C=O)C(C)C2)c1C#N. The minimum Gasteiger partial charge on any atom is -0.370 e. The van der Waals surface area contributed by atoms with E-state index in [4.69, 9.17) is 0 Å². The molecule has 1 fully saturated rings. The number of aromatic nitrogens is 1. The van der Waals surface area contributed by atoms with E-state index in [2.05, 4.69) is 11.1 Å². The van der Waals surface area contributed by atoms with E-state index in [0.717, 1.165) is 12.4 Å². The number of piperidine rings is 1. The third-order valence-corrected chi connectivity index (χ3v) is 4.74. The number of halogens is 2. The average molecular weight is 329 g/mol. The summed E-state index contributed by atoms with van der Waals surface area (Å²) in [5.74, 6) is -1.37. The summed E-state index contributed by atoms with van der Waals surface area (Å²) in [5, 5.41) is 9.83. The van der Waals surface area contributed by atoms with Gasteiger partial charge >= 0.3 is 0 Å². The number of hydrogen-bond acceptors (Lipinski definition) is 4. The van der Waals surface area contributed by atoms with Gasteiger partial charge in [0.15, 0.2) is 5.82 Å². The molecule has 1 aromatic heterocycles. The van der Waals surface area contributed by atoms with Gasteiger partial charge in [-0.2, -0.15) is 5.26 Å². The molecule has 1 aromatic carbocycles. The monoisotopic (exact) mass is 329 g/mol. The smallest absolute Gasteiger partial charge is 0.152 e. The summed E-state index contributed by atoms with van der Waals surface area (Å²) >= 11 is 0. The molecule has 2 heterocycles. The van der Waals surface area contributed by atoms with Crippen molar-refractivity contribution in [2.75, 3.05) is 18.0 Å². The van der Waals surface area contributed by atoms with Gasteiger partial charge in [0.1, 0.15) is 23.7 Å². The molecule has 4 nitrogen and oxygen atoms in total. The van der Waals surface area contributed by atoms with Gasteiger partial charge in [-0.3, -0.25) is 0 Å². The minimum absolute atomic E-state index is 0.0329. The molecule has 2 unspecified atom stereocenters. The maximum Gasteiger partial charge on any atom is 0.152 e. The number of carbonyl (C=O) groups excluding carboxylic acids is 1. The van der Waals surface area contributed by atoms with Crippen LogP contribution in [0.5, 0.6) is 0 Å². The molecule has 3 rings (SSSR count). The maximum absolute atomic E-state index is 14.2. The number of nitrogens with zero attached hydrogens (tertiary/aromatic N) is 3. The van der Waals surface area contributed by atoms with E-state index in [1.165, 1.54) is 6.07 Å². The normalized spacial score (nSPS) is 20.9. The van der Waals surface area contributed by atoms with Gasteiger partial charge in [-0.25, -0.2) is 13.8 Å². The standard InChI is InChI=1S/C18H17F2N3O/c1-10-8-23(4-3-12(10)9-24)18-14-5-13(19)6-16(20)17(14)22-11(2)15(18)7-21/h5-6,9-10,12H,3-4,8H2,1-2H3. The van der Waals surface area contributed by atoms with Crippen LogP contribution in [0.3, 0.4) is 0 Å². The summed E-state index contributed by atoms with van der Waals surface area (Å²) in [6, 6.07) is 4.13. The molecule has 6 heteroatoms. The van der Waals surface area contributed by atoms with Gasteiger partial charge in [-0.1, -0.05) is 6.92 Å². The second-order valence-corrected chi connectivity index (χ2v) is 6.33. The van der Waals surface area contributed by atoms with Crippen LogP contribution in [0.2, 0.25) is 0 Å². The van der Waals surface area contributed by atoms with Crippen LogP contribution < -0.4 is 4.90 Å². The molecule has 1 aliphatic rings. The molecule has 0 saturated carbocycles. The van der Waals surface area contributed by atoms with Crippen molar-refractivity contribution in [2.24, 2.45) is 11.8 Å². The van der Waals surface area contributed by atoms with E-state index in [-0.39, 0.29) is 17.4 Å². The van der Waals surface area contributed by atoms with E-state index in [1.54, 1.807) is 6.92 Å². The number of rotatable bonds is 2. The fraction of sp³-hybridized carbons (Fsp3) is 0.389. The topological polar surface area (TPSA) is 57.0 Å². The highest BCUT2D eigenvalue weighted by molar-refractivity contribution is 5.95. The third kappa shape index (κ3) is 2.60. The molecule has 1 saturated heterocycles. The lowest BCUT2D eigenvalue weighted by Gasteiger charge is -2.37. The Labute approximate surface area is 138 Å². The first-order valence-corrected chi connectivity index (χ1v) is 7.86. The number of pyridine rings is 1. The highest BCUT2D eigenvalue weighted by Gasteiger charge is 2.29. The van der Waals surface area contributed by atoms with Crippen molar-refractivity contribution in [1.82, 2.24) is 4.98 Å². The Morgan fingerprint density at radius 1 is 1.42 bits per heavy atom. The number of aldehydes is 1. The van der Waals surface area contributed by atoms with E-state index >= 15 is 0 Å². The fourth-order valence-corrected chi connectivity index (χ4v) is 3.42. The molecule has 0 N–H and O–H groups in total. The quantitative estimate of drug-likeness (QED) is 0.793.